The van der Waals surface area contributed by atoms with Gasteiger partial charge >= 0.3 is 0 Å². The predicted octanol–water partition coefficient (Wildman–Crippen LogP) is 1.57. The molecule has 1 unspecified atom stereocenters. The predicted molar refractivity (Wildman–Crippen MR) is 72.2 cm³/mol. The number of hydrogen-bond acceptors (Lipinski definition) is 4. The maximum atomic E-state index is 12.3. The number of nitrogens with one attached hydrogen (secondary N) is 1. The molecule has 0 amide bonds. The number of aryl methyl sites for hydroxylation is 1. The fraction of sp³-hybridized carbons (Fsp3) is 0.462. The molecule has 0 radical (unpaired) electrons. The van der Waals surface area contributed by atoms with E-state index in [0.717, 1.165) is 0 Å². The Kier molecular flexibility index (Phi) is 5.48. The zero-order valence-electron chi connectivity index (χ0n) is 11.3. The summed E-state index contributed by atoms with van der Waals surface area (Å²) in [5.41, 5.74) is 0.935. The minimum atomic E-state index is -3.64. The topological polar surface area (TPSA) is 79.2 Å². The summed E-state index contributed by atoms with van der Waals surface area (Å²) in [5, 5.41) is 8.85. The molecule has 19 heavy (non-hydrogen) atoms. The van der Waals surface area contributed by atoms with E-state index in [9.17, 15) is 8.42 Å². The van der Waals surface area contributed by atoms with Gasteiger partial charge in [-0.2, -0.15) is 5.26 Å². The van der Waals surface area contributed by atoms with Crippen LogP contribution in [0.1, 0.15) is 24.5 Å². The van der Waals surface area contributed by atoms with Crippen LogP contribution in [-0.2, 0) is 14.8 Å². The van der Waals surface area contributed by atoms with Crippen LogP contribution in [0, 0.1) is 18.3 Å². The van der Waals surface area contributed by atoms with Gasteiger partial charge in [0.1, 0.15) is 0 Å². The van der Waals surface area contributed by atoms with E-state index in [1.165, 1.54) is 13.2 Å². The number of rotatable bonds is 6. The minimum Gasteiger partial charge on any atom is -0.383 e. The van der Waals surface area contributed by atoms with Crippen molar-refractivity contribution in [1.82, 2.24) is 4.72 Å². The third-order valence-electron chi connectivity index (χ3n) is 2.79. The largest absolute Gasteiger partial charge is 0.383 e. The van der Waals surface area contributed by atoms with Crippen LogP contribution in [0.15, 0.2) is 23.1 Å². The molecule has 0 saturated carbocycles. The van der Waals surface area contributed by atoms with Gasteiger partial charge < -0.3 is 4.74 Å². The van der Waals surface area contributed by atoms with Crippen LogP contribution in [0.2, 0.25) is 0 Å². The molecular formula is C13H18N2O3S. The Labute approximate surface area is 114 Å². The highest BCUT2D eigenvalue weighted by Crippen LogP contribution is 2.17. The summed E-state index contributed by atoms with van der Waals surface area (Å²) in [5.74, 6) is 0. The van der Waals surface area contributed by atoms with Crippen LogP contribution < -0.4 is 4.72 Å². The van der Waals surface area contributed by atoms with Gasteiger partial charge in [-0.25, -0.2) is 13.1 Å². The summed E-state index contributed by atoms with van der Waals surface area (Å²) < 4.78 is 32.1. The van der Waals surface area contributed by atoms with Crippen molar-refractivity contribution in [2.24, 2.45) is 0 Å². The summed E-state index contributed by atoms with van der Waals surface area (Å²) in [6, 6.07) is 6.28. The Morgan fingerprint density at radius 1 is 1.47 bits per heavy atom. The maximum absolute atomic E-state index is 12.3. The van der Waals surface area contributed by atoms with Gasteiger partial charge in [-0.1, -0.05) is 13.0 Å². The normalized spacial score (nSPS) is 12.9. The molecule has 1 aromatic rings. The van der Waals surface area contributed by atoms with Gasteiger partial charge in [0.05, 0.1) is 23.1 Å². The molecular weight excluding hydrogens is 264 g/mol. The number of hydrogen-bond donors (Lipinski definition) is 1. The molecule has 1 N–H and O–H groups in total. The average molecular weight is 282 g/mol. The summed E-state index contributed by atoms with van der Waals surface area (Å²) in [6.07, 6.45) is 0.629. The van der Waals surface area contributed by atoms with Crippen molar-refractivity contribution in [3.8, 4) is 6.07 Å². The number of nitrogens with zero attached hydrogens (tertiary/aromatic N) is 1. The van der Waals surface area contributed by atoms with E-state index >= 15 is 0 Å². The van der Waals surface area contributed by atoms with Gasteiger partial charge in [-0.05, 0) is 31.0 Å². The molecule has 6 heteroatoms. The van der Waals surface area contributed by atoms with Crippen molar-refractivity contribution in [2.45, 2.75) is 31.2 Å². The van der Waals surface area contributed by atoms with E-state index in [4.69, 9.17) is 10.00 Å². The average Bonchev–Trinajstić information content (AvgIpc) is 2.38. The Hall–Kier alpha value is -1.42. The number of benzene rings is 1. The van der Waals surface area contributed by atoms with Crippen molar-refractivity contribution < 1.29 is 13.2 Å². The van der Waals surface area contributed by atoms with Gasteiger partial charge in [-0.3, -0.25) is 0 Å². The number of sulfonamides is 1. The molecule has 1 rings (SSSR count). The Bertz CT molecular complexity index is 576. The van der Waals surface area contributed by atoms with Gasteiger partial charge in [0.2, 0.25) is 10.0 Å². The summed E-state index contributed by atoms with van der Waals surface area (Å²) in [6.45, 7) is 3.89. The smallest absolute Gasteiger partial charge is 0.241 e. The van der Waals surface area contributed by atoms with Crippen LogP contribution in [0.4, 0.5) is 0 Å². The molecule has 0 spiro atoms. The molecule has 104 valence electrons. The van der Waals surface area contributed by atoms with Gasteiger partial charge in [0, 0.05) is 13.2 Å². The molecule has 0 heterocycles. The van der Waals surface area contributed by atoms with E-state index in [0.29, 0.717) is 24.2 Å². The van der Waals surface area contributed by atoms with Crippen molar-refractivity contribution in [1.29, 1.82) is 5.26 Å². The zero-order chi connectivity index (χ0) is 14.5. The highest BCUT2D eigenvalue weighted by molar-refractivity contribution is 7.89. The van der Waals surface area contributed by atoms with Crippen molar-refractivity contribution in [3.63, 3.8) is 0 Å². The molecule has 0 aliphatic rings. The fourth-order valence-electron chi connectivity index (χ4n) is 1.68. The molecule has 0 saturated heterocycles. The van der Waals surface area contributed by atoms with Crippen LogP contribution in [0.25, 0.3) is 0 Å². The second kappa shape index (κ2) is 6.66. The summed E-state index contributed by atoms with van der Waals surface area (Å²) in [7, 11) is -2.11. The van der Waals surface area contributed by atoms with Gasteiger partial charge in [0.25, 0.3) is 0 Å². The van der Waals surface area contributed by atoms with E-state index in [1.54, 1.807) is 19.1 Å². The number of nitriles is 1. The zero-order valence-corrected chi connectivity index (χ0v) is 12.1. The summed E-state index contributed by atoms with van der Waals surface area (Å²) in [4.78, 5) is 0.140. The molecule has 0 aliphatic carbocycles. The Morgan fingerprint density at radius 3 is 2.68 bits per heavy atom. The molecule has 0 aliphatic heterocycles. The number of ether oxygens (including phenoxy) is 1. The lowest BCUT2D eigenvalue weighted by atomic mass is 10.2. The number of methoxy groups -OCH3 is 1. The van der Waals surface area contributed by atoms with Crippen molar-refractivity contribution in [3.05, 3.63) is 29.3 Å². The van der Waals surface area contributed by atoms with Crippen molar-refractivity contribution >= 4 is 10.0 Å². The first-order chi connectivity index (χ1) is 8.94. The third kappa shape index (κ3) is 4.03. The van der Waals surface area contributed by atoms with E-state index in [1.807, 2.05) is 13.0 Å². The van der Waals surface area contributed by atoms with Crippen molar-refractivity contribution in [2.75, 3.05) is 13.7 Å². The first-order valence-corrected chi connectivity index (χ1v) is 7.45. The van der Waals surface area contributed by atoms with Crippen LogP contribution in [0.3, 0.4) is 0 Å². The third-order valence-corrected chi connectivity index (χ3v) is 4.45. The van der Waals surface area contributed by atoms with E-state index in [-0.39, 0.29) is 10.9 Å². The first kappa shape index (κ1) is 15.6. The summed E-state index contributed by atoms with van der Waals surface area (Å²) >= 11 is 0. The second-order valence-corrected chi connectivity index (χ2v) is 5.96. The monoisotopic (exact) mass is 282 g/mol. The Morgan fingerprint density at radius 2 is 2.16 bits per heavy atom. The molecule has 0 bridgehead atoms. The lowest BCUT2D eigenvalue weighted by molar-refractivity contribution is 0.173. The lowest BCUT2D eigenvalue weighted by Crippen LogP contribution is -2.37. The highest BCUT2D eigenvalue weighted by atomic mass is 32.2. The molecule has 0 aromatic heterocycles. The molecule has 1 atom stereocenters. The van der Waals surface area contributed by atoms with Crippen LogP contribution >= 0.6 is 0 Å². The lowest BCUT2D eigenvalue weighted by Gasteiger charge is -2.17. The minimum absolute atomic E-state index is 0.140. The first-order valence-electron chi connectivity index (χ1n) is 5.96. The van der Waals surface area contributed by atoms with Crippen LogP contribution in [-0.4, -0.2) is 28.2 Å². The van der Waals surface area contributed by atoms with E-state index in [2.05, 4.69) is 4.72 Å². The van der Waals surface area contributed by atoms with Gasteiger partial charge in [-0.15, -0.1) is 0 Å². The van der Waals surface area contributed by atoms with Crippen LogP contribution in [0.5, 0.6) is 0 Å². The standard InChI is InChI=1S/C13H18N2O3S/c1-4-12(9-18-3)15-19(16,17)13-7-11(8-14)6-5-10(13)2/h5-7,12,15H,4,9H2,1-3H3. The molecule has 5 nitrogen and oxygen atoms in total. The van der Waals surface area contributed by atoms with Gasteiger partial charge in [0.15, 0.2) is 0 Å². The SMILES string of the molecule is CCC(COC)NS(=O)(=O)c1cc(C#N)ccc1C. The second-order valence-electron chi connectivity index (χ2n) is 4.27. The quantitative estimate of drug-likeness (QED) is 0.859. The maximum Gasteiger partial charge on any atom is 0.241 e. The fourth-order valence-corrected chi connectivity index (χ4v) is 3.25. The Balaban J connectivity index is 3.10. The highest BCUT2D eigenvalue weighted by Gasteiger charge is 2.21. The van der Waals surface area contributed by atoms with E-state index < -0.39 is 10.0 Å². The molecule has 1 aromatic carbocycles. The molecule has 0 fully saturated rings.